The first-order valence-electron chi connectivity index (χ1n) is 16.0. The van der Waals surface area contributed by atoms with Crippen molar-refractivity contribution in [1.82, 2.24) is 0 Å². The van der Waals surface area contributed by atoms with E-state index in [2.05, 4.69) is 16.0 Å². The molecule has 6 aromatic carbocycles. The van der Waals surface area contributed by atoms with Crippen LogP contribution in [0.5, 0.6) is 11.5 Å². The zero-order valence-electron chi connectivity index (χ0n) is 27.9. The number of fused-ring (bicyclic) bond motifs is 10. The number of hydrogen-bond donors (Lipinski definition) is 3. The van der Waals surface area contributed by atoms with Crippen molar-refractivity contribution in [2.75, 3.05) is 30.2 Å². The normalized spacial score (nSPS) is 13.4. The standard InChI is InChI=1S/C41H33N3O6/c1-22-11-9-16-28-30(22)21-33(45)32-20-25-13-6-8-15-27(25)37(38(32)50-4)44-40(47)29-17-10-18-34(49-3)36(29)43-41(48)31-19-24-12-5-7-14-26(24)35(23(31)2)42-39(28)46/h5-20H,21H2,1-4H3,(H,42,46)(H,43,48)(H,44,47). The molecule has 0 aromatic heterocycles. The smallest absolute Gasteiger partial charge is 0.258 e. The van der Waals surface area contributed by atoms with Gasteiger partial charge in [-0.3, -0.25) is 19.2 Å². The highest BCUT2D eigenvalue weighted by Gasteiger charge is 2.27. The number of carbonyl (C=O) groups excluding carboxylic acids is 4. The molecule has 0 unspecified atom stereocenters. The van der Waals surface area contributed by atoms with Crippen LogP contribution in [0.3, 0.4) is 0 Å². The Morgan fingerprint density at radius 1 is 0.540 bits per heavy atom. The summed E-state index contributed by atoms with van der Waals surface area (Å²) in [5, 5.41) is 11.8. The van der Waals surface area contributed by atoms with E-state index in [9.17, 15) is 19.2 Å². The van der Waals surface area contributed by atoms with Gasteiger partial charge in [-0.25, -0.2) is 0 Å². The summed E-state index contributed by atoms with van der Waals surface area (Å²) >= 11 is 0. The monoisotopic (exact) mass is 663 g/mol. The van der Waals surface area contributed by atoms with Crippen molar-refractivity contribution in [3.05, 3.63) is 136 Å². The van der Waals surface area contributed by atoms with E-state index in [-0.39, 0.29) is 51.8 Å². The van der Waals surface area contributed by atoms with Gasteiger partial charge in [0.1, 0.15) is 5.75 Å². The molecule has 0 saturated carbocycles. The van der Waals surface area contributed by atoms with Crippen LogP contribution in [-0.2, 0) is 6.42 Å². The largest absolute Gasteiger partial charge is 0.495 e. The molecule has 1 heterocycles. The fraction of sp³-hybridized carbons (Fsp3) is 0.122. The van der Waals surface area contributed by atoms with Crippen LogP contribution in [0.4, 0.5) is 17.1 Å². The van der Waals surface area contributed by atoms with Crippen LogP contribution in [0.25, 0.3) is 21.5 Å². The van der Waals surface area contributed by atoms with E-state index in [1.165, 1.54) is 14.2 Å². The third-order valence-corrected chi connectivity index (χ3v) is 9.26. The number of anilines is 3. The average molecular weight is 664 g/mol. The highest BCUT2D eigenvalue weighted by molar-refractivity contribution is 6.20. The first-order valence-corrected chi connectivity index (χ1v) is 16.0. The molecule has 0 fully saturated rings. The van der Waals surface area contributed by atoms with Crippen LogP contribution >= 0.6 is 0 Å². The van der Waals surface area contributed by atoms with Gasteiger partial charge in [0.2, 0.25) is 0 Å². The molecule has 0 saturated heterocycles. The minimum Gasteiger partial charge on any atom is -0.495 e. The van der Waals surface area contributed by atoms with Gasteiger partial charge in [-0.1, -0.05) is 66.7 Å². The molecular formula is C41H33N3O6. The van der Waals surface area contributed by atoms with Crippen LogP contribution in [0.15, 0.2) is 97.1 Å². The SMILES string of the molecule is COc1cccc2c1NC(=O)c1cc3ccccc3c(c1C)NC(=O)c1cccc(C)c1CC(=O)c1cc3ccccc3c(c1OC)NC2=O. The fourth-order valence-electron chi connectivity index (χ4n) is 6.69. The number of hydrogen-bond acceptors (Lipinski definition) is 6. The third-order valence-electron chi connectivity index (χ3n) is 9.26. The van der Waals surface area contributed by atoms with E-state index >= 15 is 0 Å². The molecule has 50 heavy (non-hydrogen) atoms. The van der Waals surface area contributed by atoms with Gasteiger partial charge in [0.25, 0.3) is 17.7 Å². The summed E-state index contributed by atoms with van der Waals surface area (Å²) in [6.07, 6.45) is -0.111. The lowest BCUT2D eigenvalue weighted by Gasteiger charge is -2.21. The van der Waals surface area contributed by atoms with Crippen LogP contribution in [0, 0.1) is 13.8 Å². The van der Waals surface area contributed by atoms with Gasteiger partial charge in [0.15, 0.2) is 11.5 Å². The summed E-state index contributed by atoms with van der Waals surface area (Å²) in [4.78, 5) is 56.9. The second kappa shape index (κ2) is 12.9. The van der Waals surface area contributed by atoms with E-state index in [4.69, 9.17) is 9.47 Å². The molecule has 3 amide bonds. The molecule has 9 heteroatoms. The molecule has 0 atom stereocenters. The Hall–Kier alpha value is -6.48. The topological polar surface area (TPSA) is 123 Å². The first-order chi connectivity index (χ1) is 24.2. The average Bonchev–Trinajstić information content (AvgIpc) is 3.12. The Morgan fingerprint density at radius 3 is 1.80 bits per heavy atom. The minimum atomic E-state index is -0.558. The highest BCUT2D eigenvalue weighted by atomic mass is 16.5. The Morgan fingerprint density at radius 2 is 1.10 bits per heavy atom. The van der Waals surface area contributed by atoms with Gasteiger partial charge in [-0.15, -0.1) is 0 Å². The molecule has 6 aromatic rings. The molecule has 1 aliphatic heterocycles. The van der Waals surface area contributed by atoms with Gasteiger partial charge in [0.05, 0.1) is 42.4 Å². The Kier molecular flexibility index (Phi) is 8.25. The number of aryl methyl sites for hydroxylation is 1. The molecule has 4 bridgehead atoms. The predicted octanol–water partition coefficient (Wildman–Crippen LogP) is 8.12. The quantitative estimate of drug-likeness (QED) is 0.172. The number of carbonyl (C=O) groups is 4. The lowest BCUT2D eigenvalue weighted by atomic mass is 9.92. The Balaban J connectivity index is 1.50. The van der Waals surface area contributed by atoms with Crippen molar-refractivity contribution < 1.29 is 28.7 Å². The van der Waals surface area contributed by atoms with E-state index in [0.29, 0.717) is 33.2 Å². The molecule has 0 spiro atoms. The van der Waals surface area contributed by atoms with Crippen molar-refractivity contribution in [3.8, 4) is 11.5 Å². The molecule has 248 valence electrons. The summed E-state index contributed by atoms with van der Waals surface area (Å²) in [6.45, 7) is 3.61. The number of para-hydroxylation sites is 1. The maximum Gasteiger partial charge on any atom is 0.258 e. The van der Waals surface area contributed by atoms with Crippen LogP contribution in [-0.4, -0.2) is 37.7 Å². The van der Waals surface area contributed by atoms with Crippen LogP contribution in [0.1, 0.15) is 58.1 Å². The second-order valence-corrected chi connectivity index (χ2v) is 12.1. The van der Waals surface area contributed by atoms with E-state index in [1.54, 1.807) is 49.4 Å². The molecule has 3 N–H and O–H groups in total. The van der Waals surface area contributed by atoms with E-state index in [0.717, 1.165) is 16.3 Å². The zero-order chi connectivity index (χ0) is 35.1. The van der Waals surface area contributed by atoms with Gasteiger partial charge >= 0.3 is 0 Å². The fourth-order valence-corrected chi connectivity index (χ4v) is 6.69. The minimum absolute atomic E-state index is 0.111. The van der Waals surface area contributed by atoms with Crippen LogP contribution in [0.2, 0.25) is 0 Å². The van der Waals surface area contributed by atoms with Crippen molar-refractivity contribution in [2.24, 2.45) is 0 Å². The summed E-state index contributed by atoms with van der Waals surface area (Å²) in [7, 11) is 2.89. The number of ketones is 1. The Labute approximate surface area is 288 Å². The van der Waals surface area contributed by atoms with E-state index < -0.39 is 17.7 Å². The maximum atomic E-state index is 14.3. The van der Waals surface area contributed by atoms with Crippen molar-refractivity contribution in [3.63, 3.8) is 0 Å². The molecule has 7 rings (SSSR count). The van der Waals surface area contributed by atoms with Crippen molar-refractivity contribution in [1.29, 1.82) is 0 Å². The Bertz CT molecular complexity index is 2420. The number of rotatable bonds is 2. The lowest BCUT2D eigenvalue weighted by molar-refractivity contribution is 0.0983. The van der Waals surface area contributed by atoms with Crippen LogP contribution < -0.4 is 25.4 Å². The summed E-state index contributed by atoms with van der Waals surface area (Å²) in [5.74, 6) is -1.35. The number of methoxy groups -OCH3 is 2. The van der Waals surface area contributed by atoms with Crippen molar-refractivity contribution in [2.45, 2.75) is 20.3 Å². The van der Waals surface area contributed by atoms with Gasteiger partial charge in [-0.05, 0) is 71.6 Å². The molecule has 0 aliphatic carbocycles. The number of Topliss-reactive ketones (excluding diaryl/α,β-unsaturated/α-hetero) is 1. The summed E-state index contributed by atoms with van der Waals surface area (Å²) in [5.41, 5.74) is 3.70. The molecule has 9 nitrogen and oxygen atoms in total. The number of nitrogens with one attached hydrogen (secondary N) is 3. The molecule has 0 radical (unpaired) electrons. The van der Waals surface area contributed by atoms with E-state index in [1.807, 2.05) is 61.5 Å². The van der Waals surface area contributed by atoms with Gasteiger partial charge < -0.3 is 25.4 Å². The predicted molar refractivity (Wildman–Crippen MR) is 195 cm³/mol. The maximum absolute atomic E-state index is 14.3. The molecular weight excluding hydrogens is 630 g/mol. The molecule has 1 aliphatic rings. The summed E-state index contributed by atoms with van der Waals surface area (Å²) in [6, 6.07) is 28.5. The number of ether oxygens (including phenoxy) is 2. The second-order valence-electron chi connectivity index (χ2n) is 12.1. The third kappa shape index (κ3) is 5.48. The van der Waals surface area contributed by atoms with Crippen molar-refractivity contribution >= 4 is 62.1 Å². The number of amides is 3. The van der Waals surface area contributed by atoms with Gasteiger partial charge in [-0.2, -0.15) is 0 Å². The lowest BCUT2D eigenvalue weighted by Crippen LogP contribution is -2.22. The first kappa shape index (κ1) is 32.1. The highest BCUT2D eigenvalue weighted by Crippen LogP contribution is 2.40. The zero-order valence-corrected chi connectivity index (χ0v) is 27.9. The van der Waals surface area contributed by atoms with Gasteiger partial charge in [0, 0.05) is 28.3 Å². The summed E-state index contributed by atoms with van der Waals surface area (Å²) < 4.78 is 11.5. The number of benzene rings is 6.